The molecule has 0 bridgehead atoms. The van der Waals surface area contributed by atoms with E-state index in [4.69, 9.17) is 0 Å². The summed E-state index contributed by atoms with van der Waals surface area (Å²) in [4.78, 5) is 4.96. The van der Waals surface area contributed by atoms with Gasteiger partial charge in [0.2, 0.25) is 0 Å². The van der Waals surface area contributed by atoms with Crippen molar-refractivity contribution in [2.45, 2.75) is 33.1 Å². The maximum absolute atomic E-state index is 2.52. The Morgan fingerprint density at radius 2 is 0.948 bits per heavy atom. The van der Waals surface area contributed by atoms with Gasteiger partial charge in [-0.05, 0) is 113 Å². The van der Waals surface area contributed by atoms with E-state index >= 15 is 0 Å². The first-order valence-corrected chi connectivity index (χ1v) is 21.0. The van der Waals surface area contributed by atoms with Gasteiger partial charge in [-0.1, -0.05) is 141 Å². The van der Waals surface area contributed by atoms with E-state index in [-0.39, 0.29) is 5.41 Å². The molecule has 0 aliphatic heterocycles. The predicted molar refractivity (Wildman–Crippen MR) is 251 cm³/mol. The van der Waals surface area contributed by atoms with Crippen LogP contribution in [0.3, 0.4) is 0 Å². The van der Waals surface area contributed by atoms with Crippen LogP contribution in [0.25, 0.3) is 52.8 Å². The summed E-state index contributed by atoms with van der Waals surface area (Å²) in [6.45, 7) is 9.22. The van der Waals surface area contributed by atoms with Gasteiger partial charge in [0.05, 0.1) is 21.8 Å². The van der Waals surface area contributed by atoms with Gasteiger partial charge in [-0.25, -0.2) is 0 Å². The molecule has 0 N–H and O–H groups in total. The third-order valence-electron chi connectivity index (χ3n) is 12.5. The van der Waals surface area contributed by atoms with Crippen LogP contribution >= 0.6 is 11.3 Å². The lowest BCUT2D eigenvalue weighted by Gasteiger charge is -2.30. The highest BCUT2D eigenvalue weighted by Crippen LogP contribution is 2.58. The summed E-state index contributed by atoms with van der Waals surface area (Å²) >= 11 is 1.92. The minimum atomic E-state index is -0.183. The van der Waals surface area contributed by atoms with Gasteiger partial charge in [-0.2, -0.15) is 0 Å². The van der Waals surface area contributed by atoms with E-state index < -0.39 is 0 Å². The van der Waals surface area contributed by atoms with E-state index in [0.29, 0.717) is 0 Å². The molecule has 10 aromatic rings. The normalized spacial score (nSPS) is 13.0. The molecular formula is C55H42N2S. The molecule has 0 spiro atoms. The van der Waals surface area contributed by atoms with Crippen LogP contribution in [0.1, 0.15) is 36.1 Å². The average molecular weight is 763 g/mol. The summed E-state index contributed by atoms with van der Waals surface area (Å²) in [5, 5.41) is 7.66. The van der Waals surface area contributed by atoms with Crippen molar-refractivity contribution in [3.05, 3.63) is 204 Å². The van der Waals surface area contributed by atoms with Crippen molar-refractivity contribution in [2.24, 2.45) is 0 Å². The average Bonchev–Trinajstić information content (AvgIpc) is 3.75. The van der Waals surface area contributed by atoms with Gasteiger partial charge in [0, 0.05) is 48.7 Å². The molecule has 1 aliphatic rings. The molecule has 1 aromatic heterocycles. The van der Waals surface area contributed by atoms with Crippen LogP contribution in [-0.4, -0.2) is 0 Å². The van der Waals surface area contributed by atoms with Crippen molar-refractivity contribution in [3.8, 4) is 11.1 Å². The van der Waals surface area contributed by atoms with E-state index in [9.17, 15) is 0 Å². The molecule has 3 heteroatoms. The predicted octanol–water partition coefficient (Wildman–Crippen LogP) is 16.2. The molecule has 1 heterocycles. The SMILES string of the molecule is Cc1ccc(N(c2ccccc2)c2ccc3c(c2)sc2c(N(c4ccccc4)c4ccc(C)c5ccccc45)cc4c(c23)-c2ccccc2C4(C)C)c2ccccc12. The van der Waals surface area contributed by atoms with Crippen LogP contribution in [0.2, 0.25) is 0 Å². The molecule has 1 aliphatic carbocycles. The van der Waals surface area contributed by atoms with Gasteiger partial charge < -0.3 is 9.80 Å². The van der Waals surface area contributed by atoms with Crippen molar-refractivity contribution in [2.75, 3.05) is 9.80 Å². The summed E-state index contributed by atoms with van der Waals surface area (Å²) in [6, 6.07) is 67.3. The number of benzene rings is 9. The second-order valence-corrected chi connectivity index (χ2v) is 17.3. The minimum absolute atomic E-state index is 0.183. The molecule has 58 heavy (non-hydrogen) atoms. The lowest BCUT2D eigenvalue weighted by Crippen LogP contribution is -2.17. The third-order valence-corrected chi connectivity index (χ3v) is 13.7. The zero-order valence-electron chi connectivity index (χ0n) is 33.1. The van der Waals surface area contributed by atoms with E-state index in [1.54, 1.807) is 0 Å². The molecule has 9 aromatic carbocycles. The third kappa shape index (κ3) is 5.16. The fourth-order valence-corrected chi connectivity index (χ4v) is 10.9. The fraction of sp³-hybridized carbons (Fsp3) is 0.0909. The Labute approximate surface area is 343 Å². The number of para-hydroxylation sites is 2. The van der Waals surface area contributed by atoms with Crippen LogP contribution in [0.5, 0.6) is 0 Å². The number of fused-ring (bicyclic) bond motifs is 9. The molecular weight excluding hydrogens is 721 g/mol. The van der Waals surface area contributed by atoms with Gasteiger partial charge >= 0.3 is 0 Å². The highest BCUT2D eigenvalue weighted by Gasteiger charge is 2.39. The molecule has 2 nitrogen and oxygen atoms in total. The van der Waals surface area contributed by atoms with Crippen LogP contribution < -0.4 is 9.80 Å². The van der Waals surface area contributed by atoms with Crippen molar-refractivity contribution in [3.63, 3.8) is 0 Å². The van der Waals surface area contributed by atoms with Crippen LogP contribution in [0, 0.1) is 13.8 Å². The van der Waals surface area contributed by atoms with E-state index in [0.717, 1.165) is 17.1 Å². The first-order chi connectivity index (χ1) is 28.4. The smallest absolute Gasteiger partial charge is 0.0644 e. The zero-order chi connectivity index (χ0) is 39.1. The molecule has 0 unspecified atom stereocenters. The van der Waals surface area contributed by atoms with Gasteiger partial charge in [0.25, 0.3) is 0 Å². The first kappa shape index (κ1) is 34.6. The second-order valence-electron chi connectivity index (χ2n) is 16.2. The number of rotatable bonds is 6. The summed E-state index contributed by atoms with van der Waals surface area (Å²) in [7, 11) is 0. The first-order valence-electron chi connectivity index (χ1n) is 20.2. The fourth-order valence-electron chi connectivity index (χ4n) is 9.64. The summed E-state index contributed by atoms with van der Waals surface area (Å²) in [5.74, 6) is 0. The number of nitrogens with zero attached hydrogens (tertiary/aromatic N) is 2. The Bertz CT molecular complexity index is 3230. The lowest BCUT2D eigenvalue weighted by atomic mass is 9.82. The van der Waals surface area contributed by atoms with Crippen LogP contribution in [0.4, 0.5) is 34.1 Å². The number of anilines is 6. The molecule has 0 saturated carbocycles. The zero-order valence-corrected chi connectivity index (χ0v) is 33.9. The maximum Gasteiger partial charge on any atom is 0.0644 e. The van der Waals surface area contributed by atoms with E-state index in [2.05, 4.69) is 219 Å². The monoisotopic (exact) mass is 762 g/mol. The summed E-state index contributed by atoms with van der Waals surface area (Å²) in [6.07, 6.45) is 0. The Morgan fingerprint density at radius 1 is 0.414 bits per heavy atom. The molecule has 0 amide bonds. The molecule has 0 fully saturated rings. The Morgan fingerprint density at radius 3 is 1.59 bits per heavy atom. The van der Waals surface area contributed by atoms with E-state index in [1.807, 2.05) is 11.3 Å². The molecule has 11 rings (SSSR count). The second kappa shape index (κ2) is 13.2. The van der Waals surface area contributed by atoms with E-state index in [1.165, 1.54) is 92.2 Å². The van der Waals surface area contributed by atoms with Gasteiger partial charge in [-0.3, -0.25) is 0 Å². The standard InChI is InChI=1S/C55H42N2S/c1-35-27-31-48(42-23-13-11-21-40(35)42)56(37-17-7-5-8-18-37)39-29-30-45-51(33-39)58-54-50(34-47-52(53(45)54)44-25-15-16-26-46(44)55(47,3)4)57(38-19-9-6-10-20-38)49-32-28-36(2)41-22-12-14-24-43(41)49/h5-34H,1-4H3. The highest BCUT2D eigenvalue weighted by atomic mass is 32.1. The Hall–Kier alpha value is -6.68. The Balaban J connectivity index is 1.23. The quantitative estimate of drug-likeness (QED) is 0.166. The topological polar surface area (TPSA) is 6.48 Å². The van der Waals surface area contributed by atoms with Crippen molar-refractivity contribution in [1.82, 2.24) is 0 Å². The number of thiophene rings is 1. The minimum Gasteiger partial charge on any atom is -0.310 e. The molecule has 278 valence electrons. The van der Waals surface area contributed by atoms with Gasteiger partial charge in [0.15, 0.2) is 0 Å². The van der Waals surface area contributed by atoms with Crippen molar-refractivity contribution in [1.29, 1.82) is 0 Å². The maximum atomic E-state index is 2.52. The van der Waals surface area contributed by atoms with Crippen LogP contribution in [0.15, 0.2) is 182 Å². The molecule has 0 radical (unpaired) electrons. The lowest BCUT2D eigenvalue weighted by molar-refractivity contribution is 0.661. The number of aryl methyl sites for hydroxylation is 2. The van der Waals surface area contributed by atoms with Gasteiger partial charge in [0.1, 0.15) is 0 Å². The molecule has 0 atom stereocenters. The highest BCUT2D eigenvalue weighted by molar-refractivity contribution is 7.26. The molecule has 0 saturated heterocycles. The van der Waals surface area contributed by atoms with Crippen molar-refractivity contribution >= 4 is 87.2 Å². The number of hydrogen-bond donors (Lipinski definition) is 0. The van der Waals surface area contributed by atoms with Gasteiger partial charge in [-0.15, -0.1) is 11.3 Å². The largest absolute Gasteiger partial charge is 0.310 e. The summed E-state index contributed by atoms with van der Waals surface area (Å²) < 4.78 is 2.56. The van der Waals surface area contributed by atoms with Crippen molar-refractivity contribution < 1.29 is 0 Å². The number of hydrogen-bond acceptors (Lipinski definition) is 3. The summed E-state index contributed by atoms with van der Waals surface area (Å²) in [5.41, 5.74) is 14.8. The van der Waals surface area contributed by atoms with Crippen LogP contribution in [-0.2, 0) is 5.41 Å². The Kier molecular flexibility index (Phi) is 7.86.